The van der Waals surface area contributed by atoms with Gasteiger partial charge in [-0.3, -0.25) is 0 Å². The molecule has 1 aliphatic heterocycles. The zero-order valence-electron chi connectivity index (χ0n) is 15.3. The third-order valence-electron chi connectivity index (χ3n) is 4.47. The Balaban J connectivity index is 1.79. The number of methoxy groups -OCH3 is 2. The Hall–Kier alpha value is -1.30. The monoisotopic (exact) mass is 337 g/mol. The lowest BCUT2D eigenvalue weighted by molar-refractivity contribution is -0.00131. The number of rotatable bonds is 8. The summed E-state index contributed by atoms with van der Waals surface area (Å²) in [5.41, 5.74) is 0.921. The van der Waals surface area contributed by atoms with E-state index in [0.717, 1.165) is 30.2 Å². The number of nitrogens with zero attached hydrogens (tertiary/aromatic N) is 1. The minimum absolute atomic E-state index is 0.319. The van der Waals surface area contributed by atoms with Crippen molar-refractivity contribution in [2.45, 2.75) is 33.0 Å². The van der Waals surface area contributed by atoms with Crippen LogP contribution in [0.4, 0.5) is 0 Å². The van der Waals surface area contributed by atoms with Gasteiger partial charge < -0.3 is 24.2 Å². The van der Waals surface area contributed by atoms with Crippen LogP contribution in [0, 0.1) is 11.8 Å². The molecule has 24 heavy (non-hydrogen) atoms. The average Bonchev–Trinajstić information content (AvgIpc) is 2.53. The van der Waals surface area contributed by atoms with Crippen LogP contribution in [0.5, 0.6) is 11.5 Å². The number of ether oxygens (including phenoxy) is 3. The molecular formula is C19H31NO4. The highest BCUT2D eigenvalue weighted by atomic mass is 16.5. The fraction of sp³-hybridized carbons (Fsp3) is 0.684. The molecule has 0 radical (unpaired) electrons. The number of benzene rings is 1. The molecule has 136 valence electrons. The van der Waals surface area contributed by atoms with Crippen LogP contribution in [0.1, 0.15) is 25.8 Å². The molecule has 5 heteroatoms. The molecule has 1 N–H and O–H groups in total. The summed E-state index contributed by atoms with van der Waals surface area (Å²) in [5.74, 6) is 2.93. The number of hydrogen-bond acceptors (Lipinski definition) is 5. The van der Waals surface area contributed by atoms with Gasteiger partial charge in [0.15, 0.2) is 0 Å². The van der Waals surface area contributed by atoms with E-state index in [9.17, 15) is 5.11 Å². The van der Waals surface area contributed by atoms with Crippen LogP contribution in [0.15, 0.2) is 18.2 Å². The quantitative estimate of drug-likeness (QED) is 0.790. The van der Waals surface area contributed by atoms with Crippen molar-refractivity contribution in [1.29, 1.82) is 0 Å². The highest BCUT2D eigenvalue weighted by Gasteiger charge is 2.23. The molecule has 0 amide bonds. The molecule has 0 bridgehead atoms. The van der Waals surface area contributed by atoms with Gasteiger partial charge in [0, 0.05) is 25.2 Å². The molecule has 0 spiro atoms. The molecule has 1 fully saturated rings. The summed E-state index contributed by atoms with van der Waals surface area (Å²) in [6.45, 7) is 8.06. The van der Waals surface area contributed by atoms with Crippen LogP contribution >= 0.6 is 0 Å². The van der Waals surface area contributed by atoms with Crippen LogP contribution in [-0.2, 0) is 11.3 Å². The highest BCUT2D eigenvalue weighted by Crippen LogP contribution is 2.25. The van der Waals surface area contributed by atoms with Gasteiger partial charge in [-0.1, -0.05) is 13.8 Å². The van der Waals surface area contributed by atoms with Gasteiger partial charge in [-0.2, -0.15) is 0 Å². The Bertz CT molecular complexity index is 498. The first-order chi connectivity index (χ1) is 11.5. The van der Waals surface area contributed by atoms with Crippen LogP contribution < -0.4 is 9.47 Å². The molecule has 1 aliphatic rings. The largest absolute Gasteiger partial charge is 0.497 e. The average molecular weight is 337 g/mol. The van der Waals surface area contributed by atoms with Crippen molar-refractivity contribution in [2.75, 3.05) is 40.5 Å². The lowest BCUT2D eigenvalue weighted by Gasteiger charge is -2.35. The first-order valence-electron chi connectivity index (χ1n) is 8.70. The van der Waals surface area contributed by atoms with Crippen LogP contribution in [0.2, 0.25) is 0 Å². The van der Waals surface area contributed by atoms with Gasteiger partial charge in [0.25, 0.3) is 0 Å². The zero-order chi connectivity index (χ0) is 17.5. The minimum atomic E-state index is -0.473. The number of hydrogen-bond donors (Lipinski definition) is 1. The van der Waals surface area contributed by atoms with E-state index in [0.29, 0.717) is 31.6 Å². The first kappa shape index (κ1) is 19.0. The third kappa shape index (κ3) is 5.65. The number of β-amino-alcohol motifs (C(OH)–C–C–N with tert-alkyl or cyclic N) is 1. The summed E-state index contributed by atoms with van der Waals surface area (Å²) in [5, 5.41) is 10.3. The van der Waals surface area contributed by atoms with E-state index in [-0.39, 0.29) is 0 Å². The summed E-state index contributed by atoms with van der Waals surface area (Å²) in [6, 6.07) is 5.62. The van der Waals surface area contributed by atoms with Crippen molar-refractivity contribution in [1.82, 2.24) is 4.90 Å². The summed E-state index contributed by atoms with van der Waals surface area (Å²) >= 11 is 0. The van der Waals surface area contributed by atoms with Crippen molar-refractivity contribution < 1.29 is 19.3 Å². The lowest BCUT2D eigenvalue weighted by Crippen LogP contribution is -2.43. The lowest BCUT2D eigenvalue weighted by atomic mass is 9.92. The van der Waals surface area contributed by atoms with Crippen LogP contribution in [0.3, 0.4) is 0 Å². The number of aliphatic hydroxyl groups is 1. The van der Waals surface area contributed by atoms with Gasteiger partial charge in [-0.25, -0.2) is 0 Å². The Morgan fingerprint density at radius 2 is 1.88 bits per heavy atom. The first-order valence-corrected chi connectivity index (χ1v) is 8.70. The van der Waals surface area contributed by atoms with Crippen molar-refractivity contribution in [2.24, 2.45) is 11.8 Å². The fourth-order valence-electron chi connectivity index (χ4n) is 3.59. The molecule has 1 heterocycles. The van der Waals surface area contributed by atoms with E-state index < -0.39 is 6.10 Å². The van der Waals surface area contributed by atoms with Gasteiger partial charge in [-0.15, -0.1) is 0 Å². The molecule has 0 saturated carbocycles. The SMILES string of the molecule is COc1ccc(OC)c(COC[C@@H](O)CN2C[C@@H](C)C[C@H](C)C2)c1. The molecule has 2 rings (SSSR count). The van der Waals surface area contributed by atoms with Crippen molar-refractivity contribution in [3.63, 3.8) is 0 Å². The molecule has 0 unspecified atom stereocenters. The normalized spacial score (nSPS) is 23.0. The predicted molar refractivity (Wildman–Crippen MR) is 94.6 cm³/mol. The molecule has 1 saturated heterocycles. The Labute approximate surface area is 145 Å². The fourth-order valence-corrected chi connectivity index (χ4v) is 3.59. The summed E-state index contributed by atoms with van der Waals surface area (Å²) in [7, 11) is 3.27. The topological polar surface area (TPSA) is 51.2 Å². The van der Waals surface area contributed by atoms with E-state index >= 15 is 0 Å². The van der Waals surface area contributed by atoms with Gasteiger partial charge in [0.05, 0.1) is 33.5 Å². The van der Waals surface area contributed by atoms with Crippen molar-refractivity contribution in [3.8, 4) is 11.5 Å². The maximum absolute atomic E-state index is 10.3. The molecular weight excluding hydrogens is 306 g/mol. The van der Waals surface area contributed by atoms with Crippen molar-refractivity contribution in [3.05, 3.63) is 23.8 Å². The Morgan fingerprint density at radius 3 is 2.50 bits per heavy atom. The Kier molecular flexibility index (Phi) is 7.34. The van der Waals surface area contributed by atoms with Crippen molar-refractivity contribution >= 4 is 0 Å². The molecule has 1 aromatic carbocycles. The minimum Gasteiger partial charge on any atom is -0.497 e. The molecule has 0 aliphatic carbocycles. The van der Waals surface area contributed by atoms with E-state index in [1.54, 1.807) is 14.2 Å². The maximum Gasteiger partial charge on any atom is 0.124 e. The van der Waals surface area contributed by atoms with E-state index in [4.69, 9.17) is 14.2 Å². The van der Waals surface area contributed by atoms with E-state index in [1.165, 1.54) is 6.42 Å². The third-order valence-corrected chi connectivity index (χ3v) is 4.47. The van der Waals surface area contributed by atoms with Gasteiger partial charge in [0.2, 0.25) is 0 Å². The standard InChI is InChI=1S/C19H31NO4/c1-14-7-15(2)10-20(9-14)11-17(21)13-24-12-16-8-18(22-3)5-6-19(16)23-4/h5-6,8,14-15,17,21H,7,9-13H2,1-4H3/t14-,15-,17-/m0/s1. The predicted octanol–water partition coefficient (Wildman–Crippen LogP) is 2.56. The smallest absolute Gasteiger partial charge is 0.124 e. The van der Waals surface area contributed by atoms with Crippen LogP contribution in [0.25, 0.3) is 0 Å². The number of likely N-dealkylation sites (tertiary alicyclic amines) is 1. The summed E-state index contributed by atoms with van der Waals surface area (Å²) in [6.07, 6.45) is 0.803. The summed E-state index contributed by atoms with van der Waals surface area (Å²) in [4.78, 5) is 2.35. The van der Waals surface area contributed by atoms with Gasteiger partial charge in [-0.05, 0) is 36.5 Å². The molecule has 0 aromatic heterocycles. The molecule has 3 atom stereocenters. The van der Waals surface area contributed by atoms with Gasteiger partial charge in [0.1, 0.15) is 11.5 Å². The number of piperidine rings is 1. The van der Waals surface area contributed by atoms with E-state index in [2.05, 4.69) is 18.7 Å². The second-order valence-electron chi connectivity index (χ2n) is 7.01. The number of aliphatic hydroxyl groups excluding tert-OH is 1. The summed E-state index contributed by atoms with van der Waals surface area (Å²) < 4.78 is 16.3. The van der Waals surface area contributed by atoms with Crippen LogP contribution in [-0.4, -0.2) is 56.6 Å². The Morgan fingerprint density at radius 1 is 1.17 bits per heavy atom. The highest BCUT2D eigenvalue weighted by molar-refractivity contribution is 5.39. The zero-order valence-corrected chi connectivity index (χ0v) is 15.3. The molecule has 5 nitrogen and oxygen atoms in total. The van der Waals surface area contributed by atoms with E-state index in [1.807, 2.05) is 18.2 Å². The maximum atomic E-state index is 10.3. The molecule has 1 aromatic rings. The second kappa shape index (κ2) is 9.25. The van der Waals surface area contributed by atoms with Gasteiger partial charge >= 0.3 is 0 Å². The second-order valence-corrected chi connectivity index (χ2v) is 7.01.